The zero-order chi connectivity index (χ0) is 7.56. The van der Waals surface area contributed by atoms with Crippen molar-refractivity contribution in [3.8, 4) is 0 Å². The minimum Gasteiger partial charge on any atom is -0.307 e. The maximum Gasteiger partial charge on any atom is 0.101 e. The Labute approximate surface area is 62.8 Å². The second kappa shape index (κ2) is 2.70. The predicted molar refractivity (Wildman–Crippen MR) is 42.6 cm³/mol. The molecule has 0 saturated carbocycles. The first-order valence-corrected chi connectivity index (χ1v) is 3.58. The zero-order valence-electron chi connectivity index (χ0n) is 5.51. The Morgan fingerprint density at radius 1 is 1.40 bits per heavy atom. The van der Waals surface area contributed by atoms with Crippen LogP contribution in [0.5, 0.6) is 0 Å². The van der Waals surface area contributed by atoms with E-state index in [1.165, 1.54) is 23.8 Å². The van der Waals surface area contributed by atoms with Crippen LogP contribution in [0.1, 0.15) is 15.6 Å². The van der Waals surface area contributed by atoms with Crippen molar-refractivity contribution in [2.45, 2.75) is 6.92 Å². The van der Waals surface area contributed by atoms with Gasteiger partial charge in [0, 0.05) is 12.4 Å². The molecule has 1 aromatic heterocycles. The maximum absolute atomic E-state index is 6.94. The third-order valence-electron chi connectivity index (χ3n) is 1.06. The Hall–Kier alpha value is -1.03. The van der Waals surface area contributed by atoms with Crippen LogP contribution in [0.4, 0.5) is 0 Å². The second-order valence-corrected chi connectivity index (χ2v) is 3.01. The van der Waals surface area contributed by atoms with Crippen LogP contribution in [0.3, 0.4) is 0 Å². The van der Waals surface area contributed by atoms with Gasteiger partial charge in [-0.25, -0.2) is 4.98 Å². The molecular formula is C6H7N3S. The van der Waals surface area contributed by atoms with Crippen LogP contribution in [0.15, 0.2) is 0 Å². The lowest BCUT2D eigenvalue weighted by Crippen LogP contribution is -1.84. The number of nitrogens with one attached hydrogen (secondary N) is 2. The van der Waals surface area contributed by atoms with E-state index in [9.17, 15) is 0 Å². The molecule has 4 heteroatoms. The SMILES string of the molecule is Cc1nc(C=N)c(C=N)s1. The van der Waals surface area contributed by atoms with Crippen molar-refractivity contribution in [2.24, 2.45) is 0 Å². The van der Waals surface area contributed by atoms with Gasteiger partial charge < -0.3 is 10.8 Å². The minimum atomic E-state index is 0.595. The molecule has 1 rings (SSSR count). The Bertz CT molecular complexity index is 238. The van der Waals surface area contributed by atoms with E-state index in [4.69, 9.17) is 10.8 Å². The summed E-state index contributed by atoms with van der Waals surface area (Å²) < 4.78 is 0. The highest BCUT2D eigenvalue weighted by Gasteiger charge is 2.01. The van der Waals surface area contributed by atoms with Gasteiger partial charge >= 0.3 is 0 Å². The lowest BCUT2D eigenvalue weighted by molar-refractivity contribution is 1.27. The molecule has 1 aromatic rings. The highest BCUT2D eigenvalue weighted by Crippen LogP contribution is 2.13. The van der Waals surface area contributed by atoms with Crippen LogP contribution in [-0.4, -0.2) is 17.4 Å². The molecule has 0 aliphatic rings. The first-order valence-electron chi connectivity index (χ1n) is 2.76. The molecule has 0 aliphatic carbocycles. The van der Waals surface area contributed by atoms with Gasteiger partial charge in [-0.3, -0.25) is 0 Å². The summed E-state index contributed by atoms with van der Waals surface area (Å²) in [4.78, 5) is 4.78. The number of hydrogen-bond acceptors (Lipinski definition) is 4. The zero-order valence-corrected chi connectivity index (χ0v) is 6.33. The van der Waals surface area contributed by atoms with Gasteiger partial charge in [0.05, 0.1) is 9.88 Å². The van der Waals surface area contributed by atoms with Crippen LogP contribution >= 0.6 is 11.3 Å². The van der Waals surface area contributed by atoms with Gasteiger partial charge in [-0.15, -0.1) is 11.3 Å². The molecular weight excluding hydrogens is 146 g/mol. The fourth-order valence-corrected chi connectivity index (χ4v) is 1.40. The van der Waals surface area contributed by atoms with Crippen LogP contribution in [-0.2, 0) is 0 Å². The normalized spacial score (nSPS) is 9.30. The Kier molecular flexibility index (Phi) is 1.91. The molecule has 0 aromatic carbocycles. The van der Waals surface area contributed by atoms with Crippen molar-refractivity contribution < 1.29 is 0 Å². The van der Waals surface area contributed by atoms with Gasteiger partial charge in [-0.2, -0.15) is 0 Å². The van der Waals surface area contributed by atoms with E-state index in [2.05, 4.69) is 4.98 Å². The number of thiazole rings is 1. The summed E-state index contributed by atoms with van der Waals surface area (Å²) >= 11 is 1.43. The number of rotatable bonds is 2. The minimum absolute atomic E-state index is 0.595. The molecule has 0 fully saturated rings. The van der Waals surface area contributed by atoms with Crippen molar-refractivity contribution >= 4 is 23.8 Å². The van der Waals surface area contributed by atoms with E-state index in [0.29, 0.717) is 5.69 Å². The third kappa shape index (κ3) is 1.11. The smallest absolute Gasteiger partial charge is 0.101 e. The molecule has 0 radical (unpaired) electrons. The predicted octanol–water partition coefficient (Wildman–Crippen LogP) is 1.45. The molecule has 0 saturated heterocycles. The van der Waals surface area contributed by atoms with E-state index in [1.807, 2.05) is 6.92 Å². The maximum atomic E-state index is 6.94. The fraction of sp³-hybridized carbons (Fsp3) is 0.167. The van der Waals surface area contributed by atoms with Crippen molar-refractivity contribution in [3.05, 3.63) is 15.6 Å². The lowest BCUT2D eigenvalue weighted by Gasteiger charge is -1.80. The van der Waals surface area contributed by atoms with Crippen LogP contribution in [0, 0.1) is 17.7 Å². The Balaban J connectivity index is 3.20. The summed E-state index contributed by atoms with van der Waals surface area (Å²) in [7, 11) is 0. The molecule has 0 bridgehead atoms. The summed E-state index contributed by atoms with van der Waals surface area (Å²) in [5.74, 6) is 0. The first-order chi connectivity index (χ1) is 4.77. The van der Waals surface area contributed by atoms with Crippen molar-refractivity contribution in [2.75, 3.05) is 0 Å². The van der Waals surface area contributed by atoms with Crippen molar-refractivity contribution in [1.82, 2.24) is 4.98 Å². The molecule has 2 N–H and O–H groups in total. The second-order valence-electron chi connectivity index (χ2n) is 1.77. The summed E-state index contributed by atoms with van der Waals surface area (Å²) in [5.41, 5.74) is 0.595. The highest BCUT2D eigenvalue weighted by molar-refractivity contribution is 7.13. The van der Waals surface area contributed by atoms with Gasteiger partial charge in [0.25, 0.3) is 0 Å². The standard InChI is InChI=1S/C6H7N3S/c1-4-9-5(2-7)6(3-8)10-4/h2-3,7-8H,1H3. The van der Waals surface area contributed by atoms with E-state index in [-0.39, 0.29) is 0 Å². The molecule has 0 atom stereocenters. The summed E-state index contributed by atoms with van der Waals surface area (Å²) in [6.45, 7) is 1.87. The van der Waals surface area contributed by atoms with Gasteiger partial charge in [0.15, 0.2) is 0 Å². The third-order valence-corrected chi connectivity index (χ3v) is 1.99. The molecule has 52 valence electrons. The van der Waals surface area contributed by atoms with Gasteiger partial charge in [-0.1, -0.05) is 0 Å². The summed E-state index contributed by atoms with van der Waals surface area (Å²) in [5, 5.41) is 14.8. The quantitative estimate of drug-likeness (QED) is 0.620. The lowest BCUT2D eigenvalue weighted by atomic mass is 10.4. The molecule has 3 nitrogen and oxygen atoms in total. The summed E-state index contributed by atoms with van der Waals surface area (Å²) in [6.07, 6.45) is 2.40. The number of hydrogen-bond donors (Lipinski definition) is 2. The molecule has 0 amide bonds. The van der Waals surface area contributed by atoms with Crippen molar-refractivity contribution in [1.29, 1.82) is 10.8 Å². The number of aryl methyl sites for hydroxylation is 1. The molecule has 1 heterocycles. The molecule has 10 heavy (non-hydrogen) atoms. The van der Waals surface area contributed by atoms with Crippen molar-refractivity contribution in [3.63, 3.8) is 0 Å². The van der Waals surface area contributed by atoms with Crippen LogP contribution < -0.4 is 0 Å². The highest BCUT2D eigenvalue weighted by atomic mass is 32.1. The number of nitrogens with zero attached hydrogens (tertiary/aromatic N) is 1. The monoisotopic (exact) mass is 153 g/mol. The van der Waals surface area contributed by atoms with Gasteiger partial charge in [-0.05, 0) is 6.92 Å². The number of aromatic nitrogens is 1. The molecule has 0 spiro atoms. The molecule has 0 unspecified atom stereocenters. The van der Waals surface area contributed by atoms with Crippen LogP contribution in [0.2, 0.25) is 0 Å². The summed E-state index contributed by atoms with van der Waals surface area (Å²) in [6, 6.07) is 0. The van der Waals surface area contributed by atoms with Gasteiger partial charge in [0.2, 0.25) is 0 Å². The Morgan fingerprint density at radius 2 is 2.10 bits per heavy atom. The van der Waals surface area contributed by atoms with Gasteiger partial charge in [0.1, 0.15) is 5.69 Å². The topological polar surface area (TPSA) is 60.6 Å². The largest absolute Gasteiger partial charge is 0.307 e. The fourth-order valence-electron chi connectivity index (χ4n) is 0.666. The average molecular weight is 153 g/mol. The first kappa shape index (κ1) is 7.08. The molecule has 0 aliphatic heterocycles. The van der Waals surface area contributed by atoms with E-state index in [1.54, 1.807) is 0 Å². The van der Waals surface area contributed by atoms with E-state index in [0.717, 1.165) is 9.88 Å². The Morgan fingerprint density at radius 3 is 2.50 bits per heavy atom. The average Bonchev–Trinajstić information content (AvgIpc) is 2.30. The van der Waals surface area contributed by atoms with E-state index < -0.39 is 0 Å². The van der Waals surface area contributed by atoms with E-state index >= 15 is 0 Å². The van der Waals surface area contributed by atoms with Crippen LogP contribution in [0.25, 0.3) is 0 Å².